The van der Waals surface area contributed by atoms with E-state index in [1.807, 2.05) is 0 Å². The van der Waals surface area contributed by atoms with Crippen LogP contribution in [0.2, 0.25) is 0 Å². The molecule has 0 aromatic heterocycles. The summed E-state index contributed by atoms with van der Waals surface area (Å²) in [6.07, 6.45) is 5.59. The van der Waals surface area contributed by atoms with Crippen molar-refractivity contribution in [2.24, 2.45) is 11.3 Å². The van der Waals surface area contributed by atoms with Crippen molar-refractivity contribution in [3.8, 4) is 0 Å². The summed E-state index contributed by atoms with van der Waals surface area (Å²) < 4.78 is 0. The lowest BCUT2D eigenvalue weighted by Crippen LogP contribution is -2.28. The molecule has 0 heterocycles. The molecule has 0 bridgehead atoms. The lowest BCUT2D eigenvalue weighted by Gasteiger charge is -2.25. The van der Waals surface area contributed by atoms with Gasteiger partial charge >= 0.3 is 0 Å². The Kier molecular flexibility index (Phi) is 3.19. The summed E-state index contributed by atoms with van der Waals surface area (Å²) in [4.78, 5) is 0. The standard InChI is InChI=1S/C17H25N/c1-3-18-14-9-10-17(2,12-14)16-11-15(16)13-7-5-4-6-8-13/h4-8,14-16,18H,3,9-12H2,1-2H3. The van der Waals surface area contributed by atoms with Gasteiger partial charge < -0.3 is 5.32 Å². The molecule has 3 rings (SSSR count). The van der Waals surface area contributed by atoms with Crippen molar-refractivity contribution in [2.45, 2.75) is 51.5 Å². The first-order valence-electron chi connectivity index (χ1n) is 7.51. The van der Waals surface area contributed by atoms with Crippen LogP contribution in [0.15, 0.2) is 30.3 Å². The van der Waals surface area contributed by atoms with Crippen LogP contribution in [0.5, 0.6) is 0 Å². The summed E-state index contributed by atoms with van der Waals surface area (Å²) in [5, 5.41) is 3.64. The molecule has 1 heteroatoms. The van der Waals surface area contributed by atoms with E-state index in [-0.39, 0.29) is 0 Å². The fourth-order valence-electron chi connectivity index (χ4n) is 4.10. The molecule has 1 nitrogen and oxygen atoms in total. The molecule has 1 aromatic carbocycles. The van der Waals surface area contributed by atoms with Crippen LogP contribution in [0.3, 0.4) is 0 Å². The molecule has 4 atom stereocenters. The SMILES string of the molecule is CCNC1CCC(C)(C2CC2c2ccccc2)C1. The molecule has 2 fully saturated rings. The Morgan fingerprint density at radius 1 is 1.28 bits per heavy atom. The van der Waals surface area contributed by atoms with Crippen LogP contribution in [0.4, 0.5) is 0 Å². The average molecular weight is 243 g/mol. The predicted octanol–water partition coefficient (Wildman–Crippen LogP) is 3.96. The lowest BCUT2D eigenvalue weighted by atomic mass is 9.81. The third kappa shape index (κ3) is 2.21. The van der Waals surface area contributed by atoms with Gasteiger partial charge in [0.2, 0.25) is 0 Å². The Bertz CT molecular complexity index is 399. The van der Waals surface area contributed by atoms with Gasteiger partial charge in [-0.15, -0.1) is 0 Å². The third-order valence-corrected chi connectivity index (χ3v) is 5.18. The van der Waals surface area contributed by atoms with Crippen LogP contribution >= 0.6 is 0 Å². The Hall–Kier alpha value is -0.820. The zero-order chi connectivity index (χ0) is 12.6. The summed E-state index contributed by atoms with van der Waals surface area (Å²) in [7, 11) is 0. The quantitative estimate of drug-likeness (QED) is 0.844. The highest BCUT2D eigenvalue weighted by atomic mass is 14.9. The number of benzene rings is 1. The molecule has 98 valence electrons. The van der Waals surface area contributed by atoms with Gasteiger partial charge in [0, 0.05) is 6.04 Å². The number of hydrogen-bond acceptors (Lipinski definition) is 1. The minimum absolute atomic E-state index is 0.591. The normalized spacial score (nSPS) is 38.9. The van der Waals surface area contributed by atoms with E-state index in [0.717, 1.165) is 24.4 Å². The van der Waals surface area contributed by atoms with Crippen molar-refractivity contribution in [1.82, 2.24) is 5.32 Å². The van der Waals surface area contributed by atoms with Crippen LogP contribution in [-0.4, -0.2) is 12.6 Å². The zero-order valence-electron chi connectivity index (χ0n) is 11.7. The first kappa shape index (κ1) is 12.2. The van der Waals surface area contributed by atoms with Crippen molar-refractivity contribution < 1.29 is 0 Å². The molecule has 0 spiro atoms. The van der Waals surface area contributed by atoms with E-state index < -0.39 is 0 Å². The van der Waals surface area contributed by atoms with Gasteiger partial charge in [-0.3, -0.25) is 0 Å². The summed E-state index contributed by atoms with van der Waals surface area (Å²) in [6.45, 7) is 5.87. The first-order chi connectivity index (χ1) is 8.73. The molecule has 18 heavy (non-hydrogen) atoms. The molecule has 0 saturated heterocycles. The molecule has 2 aliphatic rings. The van der Waals surface area contributed by atoms with Crippen LogP contribution in [0.1, 0.15) is 51.0 Å². The molecule has 0 aliphatic heterocycles. The van der Waals surface area contributed by atoms with E-state index >= 15 is 0 Å². The van der Waals surface area contributed by atoms with E-state index in [0.29, 0.717) is 5.41 Å². The highest BCUT2D eigenvalue weighted by molar-refractivity contribution is 5.27. The highest BCUT2D eigenvalue weighted by Gasteiger charge is 2.52. The molecule has 4 unspecified atom stereocenters. The van der Waals surface area contributed by atoms with Crippen LogP contribution < -0.4 is 5.32 Å². The fraction of sp³-hybridized carbons (Fsp3) is 0.647. The van der Waals surface area contributed by atoms with Gasteiger partial charge in [-0.1, -0.05) is 44.2 Å². The summed E-state index contributed by atoms with van der Waals surface area (Å²) in [6, 6.07) is 11.9. The van der Waals surface area contributed by atoms with Gasteiger partial charge in [-0.25, -0.2) is 0 Å². The molecule has 0 radical (unpaired) electrons. The van der Waals surface area contributed by atoms with Gasteiger partial charge in [-0.2, -0.15) is 0 Å². The minimum atomic E-state index is 0.591. The fourth-order valence-corrected chi connectivity index (χ4v) is 4.10. The second-order valence-electron chi connectivity index (χ2n) is 6.51. The first-order valence-corrected chi connectivity index (χ1v) is 7.51. The largest absolute Gasteiger partial charge is 0.314 e. The van der Waals surface area contributed by atoms with Gasteiger partial charge in [0.25, 0.3) is 0 Å². The van der Waals surface area contributed by atoms with Crippen molar-refractivity contribution in [1.29, 1.82) is 0 Å². The van der Waals surface area contributed by atoms with Crippen molar-refractivity contribution in [3.63, 3.8) is 0 Å². The Labute approximate surface area is 111 Å². The molecule has 0 amide bonds. The van der Waals surface area contributed by atoms with Crippen LogP contribution in [-0.2, 0) is 0 Å². The van der Waals surface area contributed by atoms with E-state index in [9.17, 15) is 0 Å². The maximum absolute atomic E-state index is 3.64. The van der Waals surface area contributed by atoms with Gasteiger partial charge in [-0.05, 0) is 55.0 Å². The van der Waals surface area contributed by atoms with Crippen LogP contribution in [0, 0.1) is 11.3 Å². The Morgan fingerprint density at radius 3 is 2.78 bits per heavy atom. The molecular formula is C17H25N. The van der Waals surface area contributed by atoms with E-state index in [2.05, 4.69) is 49.5 Å². The summed E-state index contributed by atoms with van der Waals surface area (Å²) in [5.74, 6) is 1.78. The van der Waals surface area contributed by atoms with Gasteiger partial charge in [0.05, 0.1) is 0 Å². The number of hydrogen-bond donors (Lipinski definition) is 1. The average Bonchev–Trinajstić information content (AvgIpc) is 3.12. The highest BCUT2D eigenvalue weighted by Crippen LogP contribution is 2.62. The van der Waals surface area contributed by atoms with Gasteiger partial charge in [0.15, 0.2) is 0 Å². The molecule has 1 aromatic rings. The van der Waals surface area contributed by atoms with Crippen molar-refractivity contribution in [3.05, 3.63) is 35.9 Å². The van der Waals surface area contributed by atoms with Crippen molar-refractivity contribution >= 4 is 0 Å². The van der Waals surface area contributed by atoms with Gasteiger partial charge in [0.1, 0.15) is 0 Å². The molecule has 2 aliphatic carbocycles. The minimum Gasteiger partial charge on any atom is -0.314 e. The Balaban J connectivity index is 1.64. The molecule has 2 saturated carbocycles. The summed E-state index contributed by atoms with van der Waals surface area (Å²) >= 11 is 0. The van der Waals surface area contributed by atoms with Crippen LogP contribution in [0.25, 0.3) is 0 Å². The maximum Gasteiger partial charge on any atom is 0.00724 e. The molecular weight excluding hydrogens is 218 g/mol. The second kappa shape index (κ2) is 4.70. The monoisotopic (exact) mass is 243 g/mol. The number of rotatable bonds is 4. The topological polar surface area (TPSA) is 12.0 Å². The van der Waals surface area contributed by atoms with E-state index in [1.54, 1.807) is 5.56 Å². The van der Waals surface area contributed by atoms with E-state index in [1.165, 1.54) is 25.7 Å². The maximum atomic E-state index is 3.64. The second-order valence-corrected chi connectivity index (χ2v) is 6.51. The van der Waals surface area contributed by atoms with E-state index in [4.69, 9.17) is 0 Å². The van der Waals surface area contributed by atoms with Crippen molar-refractivity contribution in [2.75, 3.05) is 6.54 Å². The smallest absolute Gasteiger partial charge is 0.00724 e. The number of nitrogens with one attached hydrogen (secondary N) is 1. The lowest BCUT2D eigenvalue weighted by molar-refractivity contribution is 0.269. The predicted molar refractivity (Wildman–Crippen MR) is 76.7 cm³/mol. The third-order valence-electron chi connectivity index (χ3n) is 5.18. The molecule has 1 N–H and O–H groups in total. The Morgan fingerprint density at radius 2 is 2.06 bits per heavy atom. The summed E-state index contributed by atoms with van der Waals surface area (Å²) in [5.41, 5.74) is 2.16. The zero-order valence-corrected chi connectivity index (χ0v) is 11.7.